The first kappa shape index (κ1) is 15.8. The lowest BCUT2D eigenvalue weighted by atomic mass is 9.93. The van der Waals surface area contributed by atoms with Gasteiger partial charge >= 0.3 is 0 Å². The molecule has 0 saturated carbocycles. The molecule has 2 rings (SSSR count). The molecule has 2 heterocycles. The molecular formula is C13H21ClN6O. The summed E-state index contributed by atoms with van der Waals surface area (Å²) < 4.78 is 0. The Morgan fingerprint density at radius 3 is 2.57 bits per heavy atom. The molecule has 1 aliphatic heterocycles. The summed E-state index contributed by atoms with van der Waals surface area (Å²) in [6, 6.07) is 0. The smallest absolute Gasteiger partial charge is 0.231 e. The van der Waals surface area contributed by atoms with Gasteiger partial charge in [0.25, 0.3) is 0 Å². The van der Waals surface area contributed by atoms with Gasteiger partial charge in [0.1, 0.15) is 0 Å². The molecule has 1 aliphatic rings. The lowest BCUT2D eigenvalue weighted by Gasteiger charge is -2.27. The second kappa shape index (κ2) is 6.43. The SMILES string of the molecule is CC(C)(CNc1nc(Cl)nc(N2CCCCC2)n1)C(N)=O. The minimum Gasteiger partial charge on any atom is -0.369 e. The second-order valence-electron chi connectivity index (χ2n) is 5.88. The molecule has 0 aliphatic carbocycles. The van der Waals surface area contributed by atoms with Crippen molar-refractivity contribution in [2.75, 3.05) is 29.9 Å². The fourth-order valence-electron chi connectivity index (χ4n) is 2.04. The largest absolute Gasteiger partial charge is 0.369 e. The van der Waals surface area contributed by atoms with Gasteiger partial charge < -0.3 is 16.0 Å². The molecule has 8 heteroatoms. The number of hydrogen-bond donors (Lipinski definition) is 2. The maximum absolute atomic E-state index is 11.3. The van der Waals surface area contributed by atoms with Crippen LogP contribution in [-0.4, -0.2) is 40.5 Å². The van der Waals surface area contributed by atoms with Crippen LogP contribution in [-0.2, 0) is 4.79 Å². The Morgan fingerprint density at radius 2 is 1.95 bits per heavy atom. The van der Waals surface area contributed by atoms with Crippen LogP contribution in [0.25, 0.3) is 0 Å². The number of primary amides is 1. The molecule has 0 spiro atoms. The van der Waals surface area contributed by atoms with Crippen LogP contribution in [0.4, 0.5) is 11.9 Å². The van der Waals surface area contributed by atoms with Crippen LogP contribution in [0.15, 0.2) is 0 Å². The molecule has 1 amide bonds. The van der Waals surface area contributed by atoms with E-state index in [9.17, 15) is 4.79 Å². The van der Waals surface area contributed by atoms with E-state index >= 15 is 0 Å². The summed E-state index contributed by atoms with van der Waals surface area (Å²) in [7, 11) is 0. The van der Waals surface area contributed by atoms with Crippen LogP contribution in [0, 0.1) is 5.41 Å². The van der Waals surface area contributed by atoms with E-state index in [0.717, 1.165) is 25.9 Å². The van der Waals surface area contributed by atoms with E-state index in [4.69, 9.17) is 17.3 Å². The third kappa shape index (κ3) is 4.17. The molecular weight excluding hydrogens is 292 g/mol. The van der Waals surface area contributed by atoms with Crippen molar-refractivity contribution in [3.63, 3.8) is 0 Å². The fraction of sp³-hybridized carbons (Fsp3) is 0.692. The zero-order valence-electron chi connectivity index (χ0n) is 12.4. The molecule has 1 aromatic heterocycles. The van der Waals surface area contributed by atoms with E-state index in [0.29, 0.717) is 18.4 Å². The number of carbonyl (C=O) groups excluding carboxylic acids is 1. The van der Waals surface area contributed by atoms with Crippen LogP contribution < -0.4 is 16.0 Å². The highest BCUT2D eigenvalue weighted by Gasteiger charge is 2.25. The number of aromatic nitrogens is 3. The summed E-state index contributed by atoms with van der Waals surface area (Å²) in [5.41, 5.74) is 4.65. The molecule has 116 valence electrons. The first-order chi connectivity index (χ1) is 9.88. The van der Waals surface area contributed by atoms with Crippen LogP contribution in [0.2, 0.25) is 5.28 Å². The van der Waals surface area contributed by atoms with Gasteiger partial charge in [0.15, 0.2) is 0 Å². The van der Waals surface area contributed by atoms with Gasteiger partial charge in [0.05, 0.1) is 5.41 Å². The average molecular weight is 313 g/mol. The third-order valence-electron chi connectivity index (χ3n) is 3.59. The lowest BCUT2D eigenvalue weighted by Crippen LogP contribution is -2.38. The molecule has 0 aromatic carbocycles. The lowest BCUT2D eigenvalue weighted by molar-refractivity contribution is -0.125. The molecule has 21 heavy (non-hydrogen) atoms. The van der Waals surface area contributed by atoms with E-state index in [1.54, 1.807) is 13.8 Å². The number of nitrogens with two attached hydrogens (primary N) is 1. The maximum atomic E-state index is 11.3. The van der Waals surface area contributed by atoms with Crippen LogP contribution >= 0.6 is 11.6 Å². The summed E-state index contributed by atoms with van der Waals surface area (Å²) >= 11 is 5.96. The minimum atomic E-state index is -0.690. The highest BCUT2D eigenvalue weighted by Crippen LogP contribution is 2.20. The van der Waals surface area contributed by atoms with Gasteiger partial charge in [-0.2, -0.15) is 15.0 Å². The highest BCUT2D eigenvalue weighted by atomic mass is 35.5. The third-order valence-corrected chi connectivity index (χ3v) is 3.76. The van der Waals surface area contributed by atoms with Gasteiger partial charge in [-0.15, -0.1) is 0 Å². The zero-order valence-corrected chi connectivity index (χ0v) is 13.2. The Morgan fingerprint density at radius 1 is 1.29 bits per heavy atom. The van der Waals surface area contributed by atoms with Crippen LogP contribution in [0.3, 0.4) is 0 Å². The average Bonchev–Trinajstić information content (AvgIpc) is 2.45. The number of nitrogens with one attached hydrogen (secondary N) is 1. The van der Waals surface area contributed by atoms with Crippen LogP contribution in [0.5, 0.6) is 0 Å². The van der Waals surface area contributed by atoms with Crippen LogP contribution in [0.1, 0.15) is 33.1 Å². The van der Waals surface area contributed by atoms with Gasteiger partial charge in [-0.1, -0.05) is 0 Å². The van der Waals surface area contributed by atoms with E-state index in [-0.39, 0.29) is 11.2 Å². The Bertz CT molecular complexity index is 515. The minimum absolute atomic E-state index is 0.143. The maximum Gasteiger partial charge on any atom is 0.231 e. The molecule has 1 aromatic rings. The number of piperidine rings is 1. The number of carbonyl (C=O) groups is 1. The fourth-order valence-corrected chi connectivity index (χ4v) is 2.20. The van der Waals surface area contributed by atoms with Crippen molar-refractivity contribution < 1.29 is 4.79 Å². The summed E-state index contributed by atoms with van der Waals surface area (Å²) in [5, 5.41) is 3.16. The highest BCUT2D eigenvalue weighted by molar-refractivity contribution is 6.28. The van der Waals surface area contributed by atoms with Gasteiger partial charge in [-0.3, -0.25) is 4.79 Å². The number of nitrogens with zero attached hydrogens (tertiary/aromatic N) is 4. The number of amides is 1. The summed E-state index contributed by atoms with van der Waals surface area (Å²) in [6.45, 7) is 5.70. The van der Waals surface area contributed by atoms with Gasteiger partial charge in [0, 0.05) is 19.6 Å². The first-order valence-corrected chi connectivity index (χ1v) is 7.46. The number of hydrogen-bond acceptors (Lipinski definition) is 6. The van der Waals surface area contributed by atoms with E-state index in [1.165, 1.54) is 6.42 Å². The quantitative estimate of drug-likeness (QED) is 0.854. The molecule has 1 saturated heterocycles. The van der Waals surface area contributed by atoms with E-state index in [2.05, 4.69) is 25.2 Å². The van der Waals surface area contributed by atoms with Crippen molar-refractivity contribution in [2.24, 2.45) is 11.1 Å². The monoisotopic (exact) mass is 312 g/mol. The standard InChI is InChI=1S/C13H21ClN6O/c1-13(2,9(15)21)8-16-11-17-10(14)18-12(19-11)20-6-4-3-5-7-20/h3-8H2,1-2H3,(H2,15,21)(H,16,17,18,19). The van der Waals surface area contributed by atoms with Crippen molar-refractivity contribution >= 4 is 29.4 Å². The van der Waals surface area contributed by atoms with Crippen molar-refractivity contribution in [3.8, 4) is 0 Å². The van der Waals surface area contributed by atoms with Crippen molar-refractivity contribution in [3.05, 3.63) is 5.28 Å². The second-order valence-corrected chi connectivity index (χ2v) is 6.22. The summed E-state index contributed by atoms with van der Waals surface area (Å²) in [6.07, 6.45) is 3.48. The Hall–Kier alpha value is -1.63. The van der Waals surface area contributed by atoms with Gasteiger partial charge in [-0.25, -0.2) is 0 Å². The number of rotatable bonds is 5. The van der Waals surface area contributed by atoms with Crippen molar-refractivity contribution in [1.29, 1.82) is 0 Å². The normalized spacial score (nSPS) is 15.9. The molecule has 1 fully saturated rings. The molecule has 0 atom stereocenters. The molecule has 0 bridgehead atoms. The number of anilines is 2. The summed E-state index contributed by atoms with van der Waals surface area (Å²) in [5.74, 6) is 0.561. The van der Waals surface area contributed by atoms with E-state index < -0.39 is 5.41 Å². The Balaban J connectivity index is 2.09. The molecule has 7 nitrogen and oxygen atoms in total. The summed E-state index contributed by atoms with van der Waals surface area (Å²) in [4.78, 5) is 26.0. The predicted molar refractivity (Wildman–Crippen MR) is 82.4 cm³/mol. The molecule has 0 radical (unpaired) electrons. The van der Waals surface area contributed by atoms with Gasteiger partial charge in [0.2, 0.25) is 23.1 Å². The first-order valence-electron chi connectivity index (χ1n) is 7.09. The topological polar surface area (TPSA) is 97.0 Å². The van der Waals surface area contributed by atoms with E-state index in [1.807, 2.05) is 0 Å². The predicted octanol–water partition coefficient (Wildman–Crippen LogP) is 1.44. The molecule has 3 N–H and O–H groups in total. The zero-order chi connectivity index (χ0) is 15.5. The Kier molecular flexibility index (Phi) is 4.82. The van der Waals surface area contributed by atoms with Gasteiger partial charge in [-0.05, 0) is 44.7 Å². The van der Waals surface area contributed by atoms with Crippen molar-refractivity contribution in [1.82, 2.24) is 15.0 Å². The molecule has 0 unspecified atom stereocenters. The Labute approximate surface area is 129 Å². The number of halogens is 1. The van der Waals surface area contributed by atoms with Crippen molar-refractivity contribution in [2.45, 2.75) is 33.1 Å².